The van der Waals surface area contributed by atoms with E-state index in [-0.39, 0.29) is 5.12 Å². The predicted octanol–water partition coefficient (Wildman–Crippen LogP) is 0.846. The van der Waals surface area contributed by atoms with Gasteiger partial charge in [-0.05, 0) is 40.2 Å². The lowest BCUT2D eigenvalue weighted by Crippen LogP contribution is -1.84. The van der Waals surface area contributed by atoms with Crippen LogP contribution in [0.15, 0.2) is 0 Å². The molecule has 0 aromatic carbocycles. The molecule has 0 amide bonds. The Hall–Kier alpha value is 0.810. The fourth-order valence-corrected chi connectivity index (χ4v) is 2.83. The molecule has 0 rings (SSSR count). The second kappa shape index (κ2) is 4.67. The first-order valence-corrected chi connectivity index (χ1v) is 6.81. The summed E-state index contributed by atoms with van der Waals surface area (Å²) in [6.07, 6.45) is 0.538. The molecule has 5 heteroatoms. The van der Waals surface area contributed by atoms with Gasteiger partial charge in [-0.1, -0.05) is 6.92 Å². The summed E-state index contributed by atoms with van der Waals surface area (Å²) in [5.74, 6) is 0. The molecular formula is C3H6OS4. The molecule has 0 aliphatic rings. The molecule has 0 fully saturated rings. The summed E-state index contributed by atoms with van der Waals surface area (Å²) in [6, 6.07) is 0. The van der Waals surface area contributed by atoms with Crippen LogP contribution >= 0.6 is 10.8 Å². The summed E-state index contributed by atoms with van der Waals surface area (Å²) in [5, 5.41) is 0.112. The van der Waals surface area contributed by atoms with E-state index >= 15 is 0 Å². The Kier molecular flexibility index (Phi) is 5.14. The van der Waals surface area contributed by atoms with Crippen LogP contribution in [0.5, 0.6) is 0 Å². The van der Waals surface area contributed by atoms with Crippen LogP contribution in [0.2, 0.25) is 0 Å². The SMILES string of the molecule is CCC(=O)S[SH](=S)=S. The first kappa shape index (κ1) is 8.81. The Balaban J connectivity index is 3.56. The topological polar surface area (TPSA) is 17.1 Å². The van der Waals surface area contributed by atoms with Crippen molar-refractivity contribution in [3.8, 4) is 0 Å². The van der Waals surface area contributed by atoms with E-state index in [4.69, 9.17) is 0 Å². The smallest absolute Gasteiger partial charge is 0.199 e. The minimum Gasteiger partial charge on any atom is -0.286 e. The first-order valence-electron chi connectivity index (χ1n) is 2.02. The molecule has 48 valence electrons. The lowest BCUT2D eigenvalue weighted by atomic mass is 10.6. The predicted molar refractivity (Wildman–Crippen MR) is 46.4 cm³/mol. The molecule has 0 aliphatic carbocycles. The van der Waals surface area contributed by atoms with E-state index in [0.29, 0.717) is 6.42 Å². The number of carbonyl (C=O) groups is 1. The Morgan fingerprint density at radius 1 is 1.75 bits per heavy atom. The van der Waals surface area contributed by atoms with Crippen molar-refractivity contribution in [3.05, 3.63) is 0 Å². The largest absolute Gasteiger partial charge is 0.286 e. The van der Waals surface area contributed by atoms with Crippen molar-refractivity contribution in [2.45, 2.75) is 13.3 Å². The third-order valence-corrected chi connectivity index (χ3v) is 3.51. The van der Waals surface area contributed by atoms with Crippen molar-refractivity contribution >= 4 is 45.3 Å². The molecule has 0 saturated heterocycles. The van der Waals surface area contributed by atoms with Gasteiger partial charge in [0.2, 0.25) is 0 Å². The van der Waals surface area contributed by atoms with Gasteiger partial charge >= 0.3 is 0 Å². The average Bonchev–Trinajstić information content (AvgIpc) is 1.65. The monoisotopic (exact) mass is 186 g/mol. The molecule has 0 aromatic heterocycles. The van der Waals surface area contributed by atoms with Gasteiger partial charge in [0.1, 0.15) is 0 Å². The molecule has 0 atom stereocenters. The Morgan fingerprint density at radius 2 is 2.25 bits per heavy atom. The van der Waals surface area contributed by atoms with Gasteiger partial charge in [-0.25, -0.2) is 0 Å². The van der Waals surface area contributed by atoms with Gasteiger partial charge in [-0.15, -0.1) is 0 Å². The van der Waals surface area contributed by atoms with Gasteiger partial charge in [0.15, 0.2) is 5.12 Å². The lowest BCUT2D eigenvalue weighted by Gasteiger charge is -1.85. The Labute approximate surface area is 63.5 Å². The van der Waals surface area contributed by atoms with Crippen LogP contribution in [0.3, 0.4) is 0 Å². The van der Waals surface area contributed by atoms with E-state index in [1.165, 1.54) is 0 Å². The van der Waals surface area contributed by atoms with Gasteiger partial charge in [-0.2, -0.15) is 0 Å². The second-order valence-corrected chi connectivity index (χ2v) is 8.04. The summed E-state index contributed by atoms with van der Waals surface area (Å²) in [5.41, 5.74) is 0. The van der Waals surface area contributed by atoms with Crippen molar-refractivity contribution in [2.24, 2.45) is 0 Å². The van der Waals surface area contributed by atoms with Crippen LogP contribution in [-0.4, -0.2) is 5.12 Å². The van der Waals surface area contributed by atoms with Gasteiger partial charge < -0.3 is 0 Å². The molecule has 0 spiro atoms. The maximum Gasteiger partial charge on any atom is 0.199 e. The Bertz CT molecular complexity index is 139. The Morgan fingerprint density at radius 3 is 2.38 bits per heavy atom. The summed E-state index contributed by atoms with van der Waals surface area (Å²) < 4.78 is 0. The minimum atomic E-state index is -0.912. The highest BCUT2D eigenvalue weighted by atomic mass is 33.5. The molecule has 0 radical (unpaired) electrons. The van der Waals surface area contributed by atoms with Crippen molar-refractivity contribution in [2.75, 3.05) is 0 Å². The zero-order valence-electron chi connectivity index (χ0n) is 4.29. The average molecular weight is 186 g/mol. The second-order valence-electron chi connectivity index (χ2n) is 1.04. The molecule has 0 unspecified atom stereocenters. The molecule has 8 heavy (non-hydrogen) atoms. The standard InChI is InChI=1S/C3H6OS4/c1-2-3(4)7-8(5)6/h8H,2H2,1H3. The van der Waals surface area contributed by atoms with Crippen LogP contribution in [0, 0.1) is 0 Å². The molecule has 0 heterocycles. The molecule has 0 aliphatic heterocycles. The minimum absolute atomic E-state index is 0.112. The molecular weight excluding hydrogens is 180 g/mol. The third kappa shape index (κ3) is 4.96. The zero-order valence-corrected chi connectivity index (χ0v) is 7.63. The van der Waals surface area contributed by atoms with Crippen molar-refractivity contribution < 1.29 is 4.79 Å². The fraction of sp³-hybridized carbons (Fsp3) is 0.667. The number of carbonyl (C=O) groups excluding carboxylic acids is 1. The van der Waals surface area contributed by atoms with Crippen LogP contribution < -0.4 is 0 Å². The van der Waals surface area contributed by atoms with E-state index in [2.05, 4.69) is 22.4 Å². The normalized spacial score (nSPS) is 9.75. The van der Waals surface area contributed by atoms with Crippen molar-refractivity contribution in [1.29, 1.82) is 0 Å². The summed E-state index contributed by atoms with van der Waals surface area (Å²) in [6.45, 7) is 1.80. The number of rotatable bonds is 2. The first-order chi connectivity index (χ1) is 3.66. The van der Waals surface area contributed by atoms with Crippen molar-refractivity contribution in [3.63, 3.8) is 0 Å². The molecule has 0 aromatic rings. The maximum absolute atomic E-state index is 10.5. The third-order valence-electron chi connectivity index (χ3n) is 0.465. The van der Waals surface area contributed by atoms with Gasteiger partial charge in [0.25, 0.3) is 0 Å². The molecule has 0 N–H and O–H groups in total. The highest BCUT2D eigenvalue weighted by molar-refractivity contribution is 8.94. The van der Waals surface area contributed by atoms with Crippen LogP contribution in [-0.2, 0) is 34.2 Å². The summed E-state index contributed by atoms with van der Waals surface area (Å²) in [7, 11) is 0.198. The number of hydrogen-bond donors (Lipinski definition) is 1. The van der Waals surface area contributed by atoms with Crippen LogP contribution in [0.4, 0.5) is 0 Å². The maximum atomic E-state index is 10.5. The lowest BCUT2D eigenvalue weighted by molar-refractivity contribution is -0.110. The van der Waals surface area contributed by atoms with E-state index < -0.39 is 7.05 Å². The van der Waals surface area contributed by atoms with Gasteiger partial charge in [0, 0.05) is 6.42 Å². The van der Waals surface area contributed by atoms with E-state index in [1.807, 2.05) is 0 Å². The highest BCUT2D eigenvalue weighted by Gasteiger charge is 1.93. The molecule has 0 saturated carbocycles. The quantitative estimate of drug-likeness (QED) is 0.508. The fourth-order valence-electron chi connectivity index (χ4n) is 0.148. The summed E-state index contributed by atoms with van der Waals surface area (Å²) in [4.78, 5) is 10.5. The van der Waals surface area contributed by atoms with Crippen LogP contribution in [0.1, 0.15) is 13.3 Å². The highest BCUT2D eigenvalue weighted by Crippen LogP contribution is 2.04. The van der Waals surface area contributed by atoms with E-state index in [1.54, 1.807) is 6.92 Å². The zero-order chi connectivity index (χ0) is 6.57. The molecule has 0 bridgehead atoms. The van der Waals surface area contributed by atoms with Crippen molar-refractivity contribution in [1.82, 2.24) is 0 Å². The van der Waals surface area contributed by atoms with Crippen LogP contribution in [0.25, 0.3) is 0 Å². The number of hydrogen-bond acceptors (Lipinski definition) is 4. The van der Waals surface area contributed by atoms with E-state index in [0.717, 1.165) is 10.8 Å². The summed E-state index contributed by atoms with van der Waals surface area (Å²) >= 11 is 9.29. The van der Waals surface area contributed by atoms with Gasteiger partial charge in [0.05, 0.1) is 0 Å². The molecule has 1 nitrogen and oxygen atoms in total. The van der Waals surface area contributed by atoms with Gasteiger partial charge in [-0.3, -0.25) is 4.79 Å². The van der Waals surface area contributed by atoms with E-state index in [9.17, 15) is 4.79 Å². The number of thiol groups is 1.